The maximum absolute atomic E-state index is 12.7. The molecule has 0 aliphatic rings. The molecule has 21 heavy (non-hydrogen) atoms. The maximum atomic E-state index is 12.7. The lowest BCUT2D eigenvalue weighted by atomic mass is 10.1. The molecule has 2 rings (SSSR count). The second-order valence-electron chi connectivity index (χ2n) is 5.25. The quantitative estimate of drug-likeness (QED) is 0.918. The van der Waals surface area contributed by atoms with Gasteiger partial charge in [0, 0.05) is 25.8 Å². The van der Waals surface area contributed by atoms with Gasteiger partial charge < -0.3 is 15.2 Å². The number of nitrogens with zero attached hydrogens (tertiary/aromatic N) is 2. The predicted octanol–water partition coefficient (Wildman–Crippen LogP) is 3.06. The Morgan fingerprint density at radius 1 is 1.29 bits per heavy atom. The number of aryl methyl sites for hydroxylation is 2. The van der Waals surface area contributed by atoms with Gasteiger partial charge in [-0.05, 0) is 32.4 Å². The molecule has 4 nitrogen and oxygen atoms in total. The first-order chi connectivity index (χ1) is 10.0. The predicted molar refractivity (Wildman–Crippen MR) is 86.1 cm³/mol. The first-order valence-corrected chi connectivity index (χ1v) is 7.35. The van der Waals surface area contributed by atoms with Gasteiger partial charge in [-0.15, -0.1) is 0 Å². The topological polar surface area (TPSA) is 51.3 Å². The molecule has 0 aliphatic heterocycles. The molecule has 4 heteroatoms. The molecule has 0 atom stereocenters. The summed E-state index contributed by atoms with van der Waals surface area (Å²) >= 11 is 0. The van der Waals surface area contributed by atoms with Crippen molar-refractivity contribution < 1.29 is 4.79 Å². The van der Waals surface area contributed by atoms with Crippen LogP contribution in [0.15, 0.2) is 36.5 Å². The largest absolute Gasteiger partial charge is 0.397 e. The SMILES string of the molecule is CCN(Cc1cccc(C)c1)C(=O)c1cc(N)cn1CC. The van der Waals surface area contributed by atoms with E-state index in [2.05, 4.69) is 25.1 Å². The summed E-state index contributed by atoms with van der Waals surface area (Å²) in [6, 6.07) is 10.0. The molecule has 0 radical (unpaired) electrons. The molecule has 0 unspecified atom stereocenters. The highest BCUT2D eigenvalue weighted by atomic mass is 16.2. The van der Waals surface area contributed by atoms with Gasteiger partial charge in [0.25, 0.3) is 5.91 Å². The Kier molecular flexibility index (Phi) is 4.68. The van der Waals surface area contributed by atoms with Gasteiger partial charge in [0.2, 0.25) is 0 Å². The summed E-state index contributed by atoms with van der Waals surface area (Å²) in [6.07, 6.45) is 1.81. The third kappa shape index (κ3) is 3.45. The van der Waals surface area contributed by atoms with Crippen LogP contribution < -0.4 is 5.73 Å². The highest BCUT2D eigenvalue weighted by Gasteiger charge is 2.18. The standard InChI is InChI=1S/C17H23N3O/c1-4-19-12-15(18)10-16(19)17(21)20(5-2)11-14-8-6-7-13(3)9-14/h6-10,12H,4-5,11,18H2,1-3H3. The van der Waals surface area contributed by atoms with E-state index in [4.69, 9.17) is 5.73 Å². The monoisotopic (exact) mass is 285 g/mol. The van der Waals surface area contributed by atoms with Crippen LogP contribution in [0.1, 0.15) is 35.5 Å². The Bertz CT molecular complexity index is 631. The van der Waals surface area contributed by atoms with Crippen LogP contribution in [0.3, 0.4) is 0 Å². The number of hydrogen-bond donors (Lipinski definition) is 1. The van der Waals surface area contributed by atoms with Crippen molar-refractivity contribution in [3.05, 3.63) is 53.3 Å². The zero-order chi connectivity index (χ0) is 15.4. The van der Waals surface area contributed by atoms with Crippen molar-refractivity contribution in [1.82, 2.24) is 9.47 Å². The molecular formula is C17H23N3O. The van der Waals surface area contributed by atoms with Gasteiger partial charge in [0.15, 0.2) is 0 Å². The lowest BCUT2D eigenvalue weighted by molar-refractivity contribution is 0.0742. The van der Waals surface area contributed by atoms with E-state index in [9.17, 15) is 4.79 Å². The Hall–Kier alpha value is -2.23. The van der Waals surface area contributed by atoms with Crippen LogP contribution in [0.5, 0.6) is 0 Å². The number of amides is 1. The highest BCUT2D eigenvalue weighted by molar-refractivity contribution is 5.93. The minimum Gasteiger partial charge on any atom is -0.397 e. The number of benzene rings is 1. The summed E-state index contributed by atoms with van der Waals surface area (Å²) in [7, 11) is 0. The van der Waals surface area contributed by atoms with Crippen LogP contribution >= 0.6 is 0 Å². The molecule has 1 amide bonds. The van der Waals surface area contributed by atoms with Crippen LogP contribution in [0, 0.1) is 6.92 Å². The van der Waals surface area contributed by atoms with Gasteiger partial charge >= 0.3 is 0 Å². The summed E-state index contributed by atoms with van der Waals surface area (Å²) < 4.78 is 1.90. The Morgan fingerprint density at radius 2 is 2.05 bits per heavy atom. The number of hydrogen-bond acceptors (Lipinski definition) is 2. The molecule has 0 saturated heterocycles. The summed E-state index contributed by atoms with van der Waals surface area (Å²) in [6.45, 7) is 8.08. The average Bonchev–Trinajstić information content (AvgIpc) is 2.85. The zero-order valence-corrected chi connectivity index (χ0v) is 13.0. The van der Waals surface area contributed by atoms with E-state index in [0.29, 0.717) is 24.5 Å². The smallest absolute Gasteiger partial charge is 0.270 e. The highest BCUT2D eigenvalue weighted by Crippen LogP contribution is 2.15. The fourth-order valence-electron chi connectivity index (χ4n) is 2.49. The van der Waals surface area contributed by atoms with Crippen molar-refractivity contribution in [2.45, 2.75) is 33.9 Å². The minimum absolute atomic E-state index is 0.0255. The number of carbonyl (C=O) groups excluding carboxylic acids is 1. The Balaban J connectivity index is 2.22. The van der Waals surface area contributed by atoms with E-state index in [1.165, 1.54) is 5.56 Å². The molecule has 0 spiro atoms. The van der Waals surface area contributed by atoms with Gasteiger partial charge in [0.1, 0.15) is 5.69 Å². The first-order valence-electron chi connectivity index (χ1n) is 7.35. The molecular weight excluding hydrogens is 262 g/mol. The van der Waals surface area contributed by atoms with E-state index in [-0.39, 0.29) is 5.91 Å². The van der Waals surface area contributed by atoms with Crippen molar-refractivity contribution in [2.24, 2.45) is 0 Å². The molecule has 0 fully saturated rings. The second-order valence-corrected chi connectivity index (χ2v) is 5.25. The molecule has 0 aliphatic carbocycles. The third-order valence-electron chi connectivity index (χ3n) is 3.60. The second kappa shape index (κ2) is 6.48. The lowest BCUT2D eigenvalue weighted by Crippen LogP contribution is -2.31. The van der Waals surface area contributed by atoms with Crippen molar-refractivity contribution >= 4 is 11.6 Å². The number of aromatic nitrogens is 1. The normalized spacial score (nSPS) is 10.6. The summed E-state index contributed by atoms with van der Waals surface area (Å²) in [5.74, 6) is 0.0255. The van der Waals surface area contributed by atoms with E-state index in [1.807, 2.05) is 35.6 Å². The Morgan fingerprint density at radius 3 is 2.67 bits per heavy atom. The van der Waals surface area contributed by atoms with Crippen molar-refractivity contribution in [3.8, 4) is 0 Å². The fraction of sp³-hybridized carbons (Fsp3) is 0.353. The molecule has 1 heterocycles. The summed E-state index contributed by atoms with van der Waals surface area (Å²) in [5.41, 5.74) is 9.46. The Labute approximate surface area is 126 Å². The first kappa shape index (κ1) is 15.2. The number of nitrogen functional groups attached to an aromatic ring is 1. The van der Waals surface area contributed by atoms with E-state index >= 15 is 0 Å². The van der Waals surface area contributed by atoms with Crippen molar-refractivity contribution in [3.63, 3.8) is 0 Å². The zero-order valence-electron chi connectivity index (χ0n) is 13.0. The average molecular weight is 285 g/mol. The van der Waals surface area contributed by atoms with E-state index in [0.717, 1.165) is 12.1 Å². The van der Waals surface area contributed by atoms with Gasteiger partial charge in [-0.2, -0.15) is 0 Å². The van der Waals surface area contributed by atoms with Gasteiger partial charge in [0.05, 0.1) is 5.69 Å². The maximum Gasteiger partial charge on any atom is 0.270 e. The number of rotatable bonds is 5. The van der Waals surface area contributed by atoms with E-state index < -0.39 is 0 Å². The van der Waals surface area contributed by atoms with Gasteiger partial charge in [-0.25, -0.2) is 0 Å². The van der Waals surface area contributed by atoms with Gasteiger partial charge in [-0.3, -0.25) is 4.79 Å². The van der Waals surface area contributed by atoms with E-state index in [1.54, 1.807) is 6.07 Å². The molecule has 1 aromatic heterocycles. The summed E-state index contributed by atoms with van der Waals surface area (Å²) in [5, 5.41) is 0. The minimum atomic E-state index is 0.0255. The van der Waals surface area contributed by atoms with Crippen LogP contribution in [-0.2, 0) is 13.1 Å². The van der Waals surface area contributed by atoms with Crippen LogP contribution in [0.4, 0.5) is 5.69 Å². The number of carbonyl (C=O) groups is 1. The summed E-state index contributed by atoms with van der Waals surface area (Å²) in [4.78, 5) is 14.6. The molecule has 0 bridgehead atoms. The molecule has 2 N–H and O–H groups in total. The molecule has 1 aromatic carbocycles. The third-order valence-corrected chi connectivity index (χ3v) is 3.60. The number of nitrogens with two attached hydrogens (primary N) is 1. The van der Waals surface area contributed by atoms with Crippen LogP contribution in [0.25, 0.3) is 0 Å². The molecule has 2 aromatic rings. The fourth-order valence-corrected chi connectivity index (χ4v) is 2.49. The van der Waals surface area contributed by atoms with Crippen LogP contribution in [-0.4, -0.2) is 21.9 Å². The molecule has 112 valence electrons. The van der Waals surface area contributed by atoms with Gasteiger partial charge in [-0.1, -0.05) is 29.8 Å². The molecule has 0 saturated carbocycles. The van der Waals surface area contributed by atoms with Crippen LogP contribution in [0.2, 0.25) is 0 Å². The van der Waals surface area contributed by atoms with Crippen molar-refractivity contribution in [1.29, 1.82) is 0 Å². The number of anilines is 1. The van der Waals surface area contributed by atoms with Crippen molar-refractivity contribution in [2.75, 3.05) is 12.3 Å². The lowest BCUT2D eigenvalue weighted by Gasteiger charge is -2.22.